The summed E-state index contributed by atoms with van der Waals surface area (Å²) in [4.78, 5) is -0.0781. The molecule has 1 heterocycles. The average Bonchev–Trinajstić information content (AvgIpc) is 2.73. The van der Waals surface area contributed by atoms with Crippen molar-refractivity contribution in [2.75, 3.05) is 20.3 Å². The van der Waals surface area contributed by atoms with Crippen LogP contribution in [0.2, 0.25) is 0 Å². The number of hydrogen-bond acceptors (Lipinski definition) is 5. The Morgan fingerprint density at radius 2 is 1.79 bits per heavy atom. The van der Waals surface area contributed by atoms with Crippen molar-refractivity contribution in [3.8, 4) is 5.75 Å². The fourth-order valence-electron chi connectivity index (χ4n) is 2.28. The molecule has 0 amide bonds. The predicted octanol–water partition coefficient (Wildman–Crippen LogP) is 1.24. The van der Waals surface area contributed by atoms with E-state index in [1.807, 2.05) is 27.7 Å². The first kappa shape index (κ1) is 19.2. The second kappa shape index (κ2) is 6.63. The van der Waals surface area contributed by atoms with Crippen LogP contribution in [0.5, 0.6) is 5.75 Å². The van der Waals surface area contributed by atoms with E-state index in [4.69, 9.17) is 14.0 Å². The zero-order chi connectivity index (χ0) is 18.2. The number of rotatable bonds is 6. The summed E-state index contributed by atoms with van der Waals surface area (Å²) in [5, 5.41) is 0. The maximum absolute atomic E-state index is 12.4. The van der Waals surface area contributed by atoms with E-state index in [2.05, 4.69) is 4.72 Å². The van der Waals surface area contributed by atoms with E-state index in [1.165, 1.54) is 19.2 Å². The molecule has 0 atom stereocenters. The molecule has 1 aliphatic rings. The fraction of sp³-hybridized carbons (Fsp3) is 0.600. The molecule has 1 N–H and O–H groups in total. The number of sulfonamides is 1. The number of nitrogens with one attached hydrogen (secondary N) is 1. The Balaban J connectivity index is 2.40. The summed E-state index contributed by atoms with van der Waals surface area (Å²) < 4.78 is 56.2. The van der Waals surface area contributed by atoms with Crippen molar-refractivity contribution < 1.29 is 26.9 Å². The number of alkyl halides is 1. The first-order chi connectivity index (χ1) is 11.0. The molecule has 1 saturated heterocycles. The van der Waals surface area contributed by atoms with Crippen molar-refractivity contribution in [2.24, 2.45) is 0 Å². The Morgan fingerprint density at radius 1 is 1.21 bits per heavy atom. The predicted molar refractivity (Wildman–Crippen MR) is 89.9 cm³/mol. The lowest BCUT2D eigenvalue weighted by Gasteiger charge is -2.32. The molecule has 0 aromatic heterocycles. The van der Waals surface area contributed by atoms with Gasteiger partial charge in [-0.3, -0.25) is 0 Å². The van der Waals surface area contributed by atoms with Crippen LogP contribution >= 0.6 is 0 Å². The van der Waals surface area contributed by atoms with Crippen molar-refractivity contribution >= 4 is 22.6 Å². The molecule has 24 heavy (non-hydrogen) atoms. The second-order valence-corrected chi connectivity index (χ2v) is 8.32. The van der Waals surface area contributed by atoms with Crippen molar-refractivity contribution in [2.45, 2.75) is 43.8 Å². The van der Waals surface area contributed by atoms with Gasteiger partial charge in [-0.2, -0.15) is 0 Å². The Morgan fingerprint density at radius 3 is 2.29 bits per heavy atom. The van der Waals surface area contributed by atoms with Gasteiger partial charge in [-0.25, -0.2) is 17.5 Å². The van der Waals surface area contributed by atoms with Gasteiger partial charge in [-0.15, -0.1) is 0 Å². The summed E-state index contributed by atoms with van der Waals surface area (Å²) >= 11 is 0. The number of benzene rings is 1. The lowest BCUT2D eigenvalue weighted by atomic mass is 9.79. The Labute approximate surface area is 142 Å². The standard InChI is InChI=1S/C15H23BFNO5S/c1-14(2)15(3,4)23-16(22-14)11-6-7-12(21-5)13(10-11)24(19,20)18-9-8-17/h6-7,10,18H,8-9H2,1-5H3. The molecule has 0 aliphatic carbocycles. The van der Waals surface area contributed by atoms with Crippen LogP contribution in [0.1, 0.15) is 27.7 Å². The average molecular weight is 359 g/mol. The van der Waals surface area contributed by atoms with Crippen molar-refractivity contribution in [3.05, 3.63) is 18.2 Å². The molecular weight excluding hydrogens is 336 g/mol. The molecule has 0 saturated carbocycles. The van der Waals surface area contributed by atoms with Gasteiger partial charge in [0.2, 0.25) is 10.0 Å². The molecule has 6 nitrogen and oxygen atoms in total. The molecule has 0 spiro atoms. The van der Waals surface area contributed by atoms with Crippen LogP contribution in [0, 0.1) is 0 Å². The first-order valence-corrected chi connectivity index (χ1v) is 9.11. The maximum atomic E-state index is 12.4. The normalized spacial score (nSPS) is 19.5. The highest BCUT2D eigenvalue weighted by atomic mass is 32.2. The summed E-state index contributed by atoms with van der Waals surface area (Å²) in [7, 11) is -3.23. The SMILES string of the molecule is COc1ccc(B2OC(C)(C)C(C)(C)O2)cc1S(=O)(=O)NCCF. The van der Waals surface area contributed by atoms with E-state index in [0.29, 0.717) is 5.46 Å². The quantitative estimate of drug-likeness (QED) is 0.774. The van der Waals surface area contributed by atoms with Crippen molar-refractivity contribution in [1.82, 2.24) is 4.72 Å². The highest BCUT2D eigenvalue weighted by Gasteiger charge is 2.51. The molecule has 0 unspecified atom stereocenters. The summed E-state index contributed by atoms with van der Waals surface area (Å²) in [6.07, 6.45) is 0. The molecule has 2 rings (SSSR count). The number of ether oxygens (including phenoxy) is 1. The van der Waals surface area contributed by atoms with E-state index in [9.17, 15) is 12.8 Å². The summed E-state index contributed by atoms with van der Waals surface area (Å²) in [6, 6.07) is 4.65. The molecule has 9 heteroatoms. The Bertz CT molecular complexity index is 692. The number of methoxy groups -OCH3 is 1. The Hall–Kier alpha value is -1.16. The molecule has 0 radical (unpaired) electrons. The fourth-order valence-corrected chi connectivity index (χ4v) is 3.49. The van der Waals surface area contributed by atoms with E-state index < -0.39 is 35.0 Å². The minimum absolute atomic E-state index is 0.0781. The molecule has 0 bridgehead atoms. The summed E-state index contributed by atoms with van der Waals surface area (Å²) in [5.41, 5.74) is -0.526. The van der Waals surface area contributed by atoms with E-state index in [0.717, 1.165) is 0 Å². The van der Waals surface area contributed by atoms with Crippen LogP contribution in [0.15, 0.2) is 23.1 Å². The highest BCUT2D eigenvalue weighted by molar-refractivity contribution is 7.89. The van der Waals surface area contributed by atoms with E-state index >= 15 is 0 Å². The van der Waals surface area contributed by atoms with Crippen LogP contribution < -0.4 is 14.9 Å². The zero-order valence-corrected chi connectivity index (χ0v) is 15.4. The van der Waals surface area contributed by atoms with Gasteiger partial charge in [0.25, 0.3) is 0 Å². The van der Waals surface area contributed by atoms with Gasteiger partial charge in [0.1, 0.15) is 17.3 Å². The van der Waals surface area contributed by atoms with Gasteiger partial charge < -0.3 is 14.0 Å². The number of hydrogen-bond donors (Lipinski definition) is 1. The third-order valence-electron chi connectivity index (χ3n) is 4.39. The maximum Gasteiger partial charge on any atom is 0.494 e. The van der Waals surface area contributed by atoms with Crippen LogP contribution in [0.4, 0.5) is 4.39 Å². The minimum Gasteiger partial charge on any atom is -0.495 e. The molecular formula is C15H23BFNO5S. The monoisotopic (exact) mass is 359 g/mol. The van der Waals surface area contributed by atoms with Crippen LogP contribution in [0.25, 0.3) is 0 Å². The topological polar surface area (TPSA) is 73.9 Å². The lowest BCUT2D eigenvalue weighted by Crippen LogP contribution is -2.41. The van der Waals surface area contributed by atoms with E-state index in [1.54, 1.807) is 6.07 Å². The van der Waals surface area contributed by atoms with Gasteiger partial charge in [0.05, 0.1) is 18.3 Å². The largest absolute Gasteiger partial charge is 0.495 e. The van der Waals surface area contributed by atoms with Gasteiger partial charge in [0.15, 0.2) is 0 Å². The minimum atomic E-state index is -3.90. The summed E-state index contributed by atoms with van der Waals surface area (Å²) in [5.74, 6) is 0.168. The molecule has 1 aliphatic heterocycles. The molecule has 134 valence electrons. The van der Waals surface area contributed by atoms with Gasteiger partial charge in [0, 0.05) is 6.54 Å². The third kappa shape index (κ3) is 3.59. The molecule has 1 fully saturated rings. The van der Waals surface area contributed by atoms with E-state index in [-0.39, 0.29) is 17.2 Å². The lowest BCUT2D eigenvalue weighted by molar-refractivity contribution is 0.00578. The van der Waals surface area contributed by atoms with Crippen molar-refractivity contribution in [1.29, 1.82) is 0 Å². The van der Waals surface area contributed by atoms with Gasteiger partial charge >= 0.3 is 7.12 Å². The van der Waals surface area contributed by atoms with Crippen LogP contribution in [-0.4, -0.2) is 47.1 Å². The van der Waals surface area contributed by atoms with Crippen molar-refractivity contribution in [3.63, 3.8) is 0 Å². The smallest absolute Gasteiger partial charge is 0.494 e. The van der Waals surface area contributed by atoms with Gasteiger partial charge in [-0.05, 0) is 45.3 Å². The third-order valence-corrected chi connectivity index (χ3v) is 5.87. The summed E-state index contributed by atoms with van der Waals surface area (Å²) in [6.45, 7) is 6.56. The first-order valence-electron chi connectivity index (χ1n) is 7.63. The zero-order valence-electron chi connectivity index (χ0n) is 14.6. The second-order valence-electron chi connectivity index (χ2n) is 6.59. The molecule has 1 aromatic carbocycles. The van der Waals surface area contributed by atoms with Gasteiger partial charge in [-0.1, -0.05) is 6.07 Å². The highest BCUT2D eigenvalue weighted by Crippen LogP contribution is 2.36. The van der Waals surface area contributed by atoms with Crippen LogP contribution in [0.3, 0.4) is 0 Å². The molecule has 1 aromatic rings. The van der Waals surface area contributed by atoms with Crippen LogP contribution in [-0.2, 0) is 19.3 Å². The number of halogens is 1. The Kier molecular flexibility index (Phi) is 5.29.